The van der Waals surface area contributed by atoms with Crippen LogP contribution in [0.5, 0.6) is 11.5 Å². The SMILES string of the molecule is Nc1ncc2c(n1)CC(c1cccc3c1OCO3)C/C2=N/O. The van der Waals surface area contributed by atoms with Gasteiger partial charge >= 0.3 is 0 Å². The van der Waals surface area contributed by atoms with Crippen molar-refractivity contribution in [3.8, 4) is 11.5 Å². The minimum Gasteiger partial charge on any atom is -0.454 e. The summed E-state index contributed by atoms with van der Waals surface area (Å²) >= 11 is 0. The molecule has 112 valence electrons. The predicted molar refractivity (Wildman–Crippen MR) is 78.4 cm³/mol. The summed E-state index contributed by atoms with van der Waals surface area (Å²) in [6.07, 6.45) is 2.87. The van der Waals surface area contributed by atoms with Crippen molar-refractivity contribution in [3.63, 3.8) is 0 Å². The van der Waals surface area contributed by atoms with Gasteiger partial charge in [-0.2, -0.15) is 0 Å². The molecule has 22 heavy (non-hydrogen) atoms. The second-order valence-electron chi connectivity index (χ2n) is 5.32. The van der Waals surface area contributed by atoms with Gasteiger partial charge in [0.05, 0.1) is 11.4 Å². The normalized spacial score (nSPS) is 20.9. The first-order valence-corrected chi connectivity index (χ1v) is 6.97. The number of fused-ring (bicyclic) bond motifs is 2. The largest absolute Gasteiger partial charge is 0.454 e. The molecule has 0 spiro atoms. The van der Waals surface area contributed by atoms with Gasteiger partial charge in [-0.05, 0) is 18.4 Å². The predicted octanol–water partition coefficient (Wildman–Crippen LogP) is 1.70. The van der Waals surface area contributed by atoms with Crippen molar-refractivity contribution in [2.45, 2.75) is 18.8 Å². The summed E-state index contributed by atoms with van der Waals surface area (Å²) in [5.74, 6) is 1.81. The van der Waals surface area contributed by atoms with E-state index in [1.807, 2.05) is 18.2 Å². The van der Waals surface area contributed by atoms with E-state index in [0.29, 0.717) is 18.6 Å². The van der Waals surface area contributed by atoms with Crippen molar-refractivity contribution in [3.05, 3.63) is 41.2 Å². The number of nitrogens with zero attached hydrogens (tertiary/aromatic N) is 3. The molecule has 2 heterocycles. The number of hydrogen-bond donors (Lipinski definition) is 2. The Hall–Kier alpha value is -2.83. The van der Waals surface area contributed by atoms with Crippen LogP contribution in [0, 0.1) is 0 Å². The first-order valence-electron chi connectivity index (χ1n) is 6.97. The van der Waals surface area contributed by atoms with Crippen LogP contribution in [0.4, 0.5) is 5.95 Å². The fourth-order valence-electron chi connectivity index (χ4n) is 3.07. The zero-order valence-electron chi connectivity index (χ0n) is 11.7. The first kappa shape index (κ1) is 12.9. The highest BCUT2D eigenvalue weighted by atomic mass is 16.7. The maximum absolute atomic E-state index is 9.31. The molecule has 2 aliphatic rings. The quantitative estimate of drug-likeness (QED) is 0.613. The summed E-state index contributed by atoms with van der Waals surface area (Å²) in [6.45, 7) is 0.228. The lowest BCUT2D eigenvalue weighted by molar-refractivity contribution is 0.173. The average molecular weight is 298 g/mol. The Morgan fingerprint density at radius 3 is 3.05 bits per heavy atom. The lowest BCUT2D eigenvalue weighted by Gasteiger charge is -2.25. The molecule has 1 aliphatic carbocycles. The maximum atomic E-state index is 9.31. The second-order valence-corrected chi connectivity index (χ2v) is 5.32. The molecule has 1 aliphatic heterocycles. The van der Waals surface area contributed by atoms with Crippen molar-refractivity contribution < 1.29 is 14.7 Å². The minimum absolute atomic E-state index is 0.0874. The number of hydrogen-bond acceptors (Lipinski definition) is 7. The van der Waals surface area contributed by atoms with Crippen molar-refractivity contribution in [2.24, 2.45) is 5.16 Å². The van der Waals surface area contributed by atoms with Gasteiger partial charge in [0.25, 0.3) is 0 Å². The molecule has 0 radical (unpaired) electrons. The Balaban J connectivity index is 1.78. The molecule has 1 unspecified atom stereocenters. The number of rotatable bonds is 1. The highest BCUT2D eigenvalue weighted by molar-refractivity contribution is 6.02. The van der Waals surface area contributed by atoms with Crippen LogP contribution < -0.4 is 15.2 Å². The van der Waals surface area contributed by atoms with Gasteiger partial charge in [-0.15, -0.1) is 0 Å². The summed E-state index contributed by atoms with van der Waals surface area (Å²) in [6, 6.07) is 5.81. The van der Waals surface area contributed by atoms with Crippen molar-refractivity contribution >= 4 is 11.7 Å². The van der Waals surface area contributed by atoms with E-state index >= 15 is 0 Å². The van der Waals surface area contributed by atoms with Crippen molar-refractivity contribution in [2.75, 3.05) is 12.5 Å². The Kier molecular flexibility index (Phi) is 2.85. The van der Waals surface area contributed by atoms with Gasteiger partial charge in [0.15, 0.2) is 11.5 Å². The zero-order chi connectivity index (χ0) is 15.1. The van der Waals surface area contributed by atoms with E-state index < -0.39 is 0 Å². The van der Waals surface area contributed by atoms with E-state index in [-0.39, 0.29) is 18.7 Å². The van der Waals surface area contributed by atoms with Crippen molar-refractivity contribution in [1.29, 1.82) is 0 Å². The number of aromatic nitrogens is 2. The monoisotopic (exact) mass is 298 g/mol. The Morgan fingerprint density at radius 1 is 1.27 bits per heavy atom. The van der Waals surface area contributed by atoms with E-state index in [1.165, 1.54) is 0 Å². The van der Waals surface area contributed by atoms with Crippen LogP contribution >= 0.6 is 0 Å². The highest BCUT2D eigenvalue weighted by Crippen LogP contribution is 2.43. The van der Waals surface area contributed by atoms with E-state index in [9.17, 15) is 5.21 Å². The molecule has 1 aromatic heterocycles. The maximum Gasteiger partial charge on any atom is 0.231 e. The molecule has 4 rings (SSSR count). The van der Waals surface area contributed by atoms with Crippen LogP contribution in [0.25, 0.3) is 0 Å². The molecule has 0 bridgehead atoms. The molecule has 0 saturated heterocycles. The molecular formula is C15H14N4O3. The number of benzene rings is 1. The summed E-state index contributed by atoms with van der Waals surface area (Å²) in [4.78, 5) is 8.26. The Labute approximate surface area is 126 Å². The van der Waals surface area contributed by atoms with Gasteiger partial charge in [0, 0.05) is 23.7 Å². The molecule has 0 fully saturated rings. The highest BCUT2D eigenvalue weighted by Gasteiger charge is 2.31. The number of ether oxygens (including phenoxy) is 2. The third-order valence-electron chi connectivity index (χ3n) is 4.06. The number of para-hydroxylation sites is 1. The summed E-state index contributed by atoms with van der Waals surface area (Å²) in [7, 11) is 0. The van der Waals surface area contributed by atoms with E-state index in [2.05, 4.69) is 15.1 Å². The van der Waals surface area contributed by atoms with Gasteiger partial charge in [-0.1, -0.05) is 17.3 Å². The Bertz CT molecular complexity index is 775. The molecule has 7 heteroatoms. The molecule has 1 aromatic carbocycles. The molecule has 0 saturated carbocycles. The standard InChI is InChI=1S/C15H14N4O3/c16-15-17-6-10-11(18-15)4-8(5-12(10)19-20)9-2-1-3-13-14(9)22-7-21-13/h1-3,6,8,20H,4-5,7H2,(H2,16,17,18)/b19-12-. The summed E-state index contributed by atoms with van der Waals surface area (Å²) < 4.78 is 11.0. The third-order valence-corrected chi connectivity index (χ3v) is 4.06. The van der Waals surface area contributed by atoms with Crippen LogP contribution in [0.15, 0.2) is 29.6 Å². The van der Waals surface area contributed by atoms with Crippen LogP contribution in [-0.2, 0) is 6.42 Å². The van der Waals surface area contributed by atoms with E-state index in [4.69, 9.17) is 15.2 Å². The third kappa shape index (κ3) is 1.93. The van der Waals surface area contributed by atoms with E-state index in [0.717, 1.165) is 28.3 Å². The van der Waals surface area contributed by atoms with Gasteiger partial charge in [0.2, 0.25) is 12.7 Å². The number of nitrogens with two attached hydrogens (primary N) is 1. The molecule has 0 amide bonds. The minimum atomic E-state index is 0.0874. The lowest BCUT2D eigenvalue weighted by atomic mass is 9.81. The van der Waals surface area contributed by atoms with Crippen LogP contribution in [0.1, 0.15) is 29.2 Å². The lowest BCUT2D eigenvalue weighted by Crippen LogP contribution is -2.22. The van der Waals surface area contributed by atoms with Crippen LogP contribution in [0.2, 0.25) is 0 Å². The molecular weight excluding hydrogens is 284 g/mol. The van der Waals surface area contributed by atoms with Crippen LogP contribution in [0.3, 0.4) is 0 Å². The van der Waals surface area contributed by atoms with Gasteiger partial charge in [-0.25, -0.2) is 9.97 Å². The second kappa shape index (κ2) is 4.87. The zero-order valence-corrected chi connectivity index (χ0v) is 11.7. The summed E-state index contributed by atoms with van der Waals surface area (Å²) in [5, 5.41) is 12.7. The fraction of sp³-hybridized carbons (Fsp3) is 0.267. The summed E-state index contributed by atoms with van der Waals surface area (Å²) in [5.41, 5.74) is 8.79. The number of anilines is 1. The molecule has 7 nitrogen and oxygen atoms in total. The molecule has 1 atom stereocenters. The Morgan fingerprint density at radius 2 is 2.18 bits per heavy atom. The van der Waals surface area contributed by atoms with Gasteiger partial charge in [-0.3, -0.25) is 0 Å². The molecule has 2 aromatic rings. The van der Waals surface area contributed by atoms with E-state index in [1.54, 1.807) is 6.20 Å². The topological polar surface area (TPSA) is 103 Å². The van der Waals surface area contributed by atoms with Gasteiger partial charge < -0.3 is 20.4 Å². The number of nitrogen functional groups attached to an aromatic ring is 1. The van der Waals surface area contributed by atoms with Crippen molar-refractivity contribution in [1.82, 2.24) is 9.97 Å². The smallest absolute Gasteiger partial charge is 0.231 e. The van der Waals surface area contributed by atoms with Crippen LogP contribution in [-0.4, -0.2) is 27.7 Å². The fourth-order valence-corrected chi connectivity index (χ4v) is 3.07. The first-order chi connectivity index (χ1) is 10.8. The van der Waals surface area contributed by atoms with Gasteiger partial charge in [0.1, 0.15) is 0 Å². The average Bonchev–Trinajstić information content (AvgIpc) is 3.01. The molecule has 3 N–H and O–H groups in total. The number of oxime groups is 1.